The monoisotopic (exact) mass is 315 g/mol. The van der Waals surface area contributed by atoms with Gasteiger partial charge in [0.15, 0.2) is 0 Å². The number of hydrogen-bond donors (Lipinski definition) is 1. The van der Waals surface area contributed by atoms with Crippen LogP contribution in [-0.4, -0.2) is 12.6 Å². The summed E-state index contributed by atoms with van der Waals surface area (Å²) in [6.07, 6.45) is 4.89. The van der Waals surface area contributed by atoms with Gasteiger partial charge in [-0.15, -0.1) is 0 Å². The van der Waals surface area contributed by atoms with Crippen LogP contribution in [0, 0.1) is 11.7 Å². The minimum Gasteiger partial charge on any atom is -0.373 e. The van der Waals surface area contributed by atoms with E-state index in [-0.39, 0.29) is 11.9 Å². The molecule has 1 aliphatic rings. The molecule has 0 aromatic heterocycles. The van der Waals surface area contributed by atoms with Crippen molar-refractivity contribution in [1.29, 1.82) is 0 Å². The molecule has 1 saturated carbocycles. The van der Waals surface area contributed by atoms with Gasteiger partial charge in [0.25, 0.3) is 0 Å². The van der Waals surface area contributed by atoms with E-state index in [4.69, 9.17) is 10.5 Å². The summed E-state index contributed by atoms with van der Waals surface area (Å²) < 4.78 is 19.9. The number of rotatable bonds is 4. The Bertz CT molecular complexity index is 379. The molecule has 0 amide bonds. The van der Waals surface area contributed by atoms with E-state index in [9.17, 15) is 4.39 Å². The molecule has 2 N–H and O–H groups in total. The second-order valence-electron chi connectivity index (χ2n) is 4.91. The fourth-order valence-electron chi connectivity index (χ4n) is 2.56. The van der Waals surface area contributed by atoms with Gasteiger partial charge in [0.1, 0.15) is 5.82 Å². The van der Waals surface area contributed by atoms with Gasteiger partial charge < -0.3 is 10.5 Å². The zero-order valence-electron chi connectivity index (χ0n) is 10.4. The van der Waals surface area contributed by atoms with Crippen molar-refractivity contribution in [3.05, 3.63) is 34.1 Å². The molecule has 1 fully saturated rings. The van der Waals surface area contributed by atoms with Gasteiger partial charge in [0.05, 0.1) is 12.7 Å². The molecular formula is C14H19BrFNO. The van der Waals surface area contributed by atoms with Crippen LogP contribution in [0.4, 0.5) is 4.39 Å². The van der Waals surface area contributed by atoms with Crippen LogP contribution in [0.15, 0.2) is 22.7 Å². The molecule has 0 heterocycles. The third kappa shape index (κ3) is 3.77. The summed E-state index contributed by atoms with van der Waals surface area (Å²) in [6, 6.07) is 4.86. The van der Waals surface area contributed by atoms with Crippen molar-refractivity contribution < 1.29 is 9.13 Å². The van der Waals surface area contributed by atoms with Crippen LogP contribution in [0.25, 0.3) is 0 Å². The van der Waals surface area contributed by atoms with Gasteiger partial charge in [-0.2, -0.15) is 0 Å². The standard InChI is InChI=1S/C14H19BrFNO/c15-12-5-10(6-13(16)7-12)9-18-14-4-2-1-3-11(14)8-17/h5-7,11,14H,1-4,8-9,17H2. The lowest BCUT2D eigenvalue weighted by Crippen LogP contribution is -2.33. The van der Waals surface area contributed by atoms with E-state index >= 15 is 0 Å². The first-order valence-corrected chi connectivity index (χ1v) is 7.25. The number of nitrogens with two attached hydrogens (primary N) is 1. The lowest BCUT2D eigenvalue weighted by atomic mass is 9.86. The summed E-state index contributed by atoms with van der Waals surface area (Å²) in [4.78, 5) is 0. The quantitative estimate of drug-likeness (QED) is 0.921. The second-order valence-corrected chi connectivity index (χ2v) is 5.82. The molecule has 1 aromatic rings. The minimum absolute atomic E-state index is 0.228. The number of ether oxygens (including phenoxy) is 1. The largest absolute Gasteiger partial charge is 0.373 e. The first kappa shape index (κ1) is 14.0. The predicted octanol–water partition coefficient (Wildman–Crippen LogP) is 3.62. The van der Waals surface area contributed by atoms with E-state index in [1.165, 1.54) is 25.0 Å². The van der Waals surface area contributed by atoms with Crippen LogP contribution in [0.2, 0.25) is 0 Å². The highest BCUT2D eigenvalue weighted by Gasteiger charge is 2.24. The summed E-state index contributed by atoms with van der Waals surface area (Å²) in [5.41, 5.74) is 6.63. The van der Waals surface area contributed by atoms with Crippen molar-refractivity contribution >= 4 is 15.9 Å². The van der Waals surface area contributed by atoms with Crippen LogP contribution >= 0.6 is 15.9 Å². The Morgan fingerprint density at radius 1 is 1.28 bits per heavy atom. The first-order chi connectivity index (χ1) is 8.69. The van der Waals surface area contributed by atoms with Crippen LogP contribution in [-0.2, 0) is 11.3 Å². The molecule has 2 rings (SSSR count). The normalized spacial score (nSPS) is 24.2. The Morgan fingerprint density at radius 2 is 2.06 bits per heavy atom. The van der Waals surface area contributed by atoms with E-state index < -0.39 is 0 Å². The maximum atomic E-state index is 13.2. The average Bonchev–Trinajstić information content (AvgIpc) is 2.35. The van der Waals surface area contributed by atoms with Crippen molar-refractivity contribution in [2.75, 3.05) is 6.54 Å². The van der Waals surface area contributed by atoms with E-state index in [2.05, 4.69) is 15.9 Å². The zero-order chi connectivity index (χ0) is 13.0. The highest BCUT2D eigenvalue weighted by molar-refractivity contribution is 9.10. The van der Waals surface area contributed by atoms with Crippen LogP contribution in [0.3, 0.4) is 0 Å². The minimum atomic E-state index is -0.234. The second kappa shape index (κ2) is 6.64. The van der Waals surface area contributed by atoms with Gasteiger partial charge >= 0.3 is 0 Å². The molecule has 0 radical (unpaired) electrons. The fourth-order valence-corrected chi connectivity index (χ4v) is 3.07. The topological polar surface area (TPSA) is 35.2 Å². The van der Waals surface area contributed by atoms with Crippen molar-refractivity contribution in [2.45, 2.75) is 38.4 Å². The molecule has 1 aromatic carbocycles. The molecule has 0 aliphatic heterocycles. The third-order valence-electron chi connectivity index (χ3n) is 3.53. The summed E-state index contributed by atoms with van der Waals surface area (Å²) in [5.74, 6) is 0.220. The molecular weight excluding hydrogens is 297 g/mol. The Labute approximate surface area is 116 Å². The van der Waals surface area contributed by atoms with E-state index in [1.54, 1.807) is 0 Å². The van der Waals surface area contributed by atoms with Gasteiger partial charge in [0.2, 0.25) is 0 Å². The highest BCUT2D eigenvalue weighted by atomic mass is 79.9. The van der Waals surface area contributed by atoms with E-state index in [1.807, 2.05) is 6.07 Å². The third-order valence-corrected chi connectivity index (χ3v) is 3.99. The van der Waals surface area contributed by atoms with Crippen molar-refractivity contribution in [3.63, 3.8) is 0 Å². The molecule has 0 spiro atoms. The molecule has 1 aliphatic carbocycles. The molecule has 100 valence electrons. The molecule has 18 heavy (non-hydrogen) atoms. The van der Waals surface area contributed by atoms with Crippen molar-refractivity contribution in [2.24, 2.45) is 11.7 Å². The number of hydrogen-bond acceptors (Lipinski definition) is 2. The molecule has 2 atom stereocenters. The Balaban J connectivity index is 1.93. The van der Waals surface area contributed by atoms with Gasteiger partial charge in [-0.25, -0.2) is 4.39 Å². The van der Waals surface area contributed by atoms with Crippen molar-refractivity contribution in [3.8, 4) is 0 Å². The Kier molecular flexibility index (Phi) is 5.15. The molecule has 0 bridgehead atoms. The van der Waals surface area contributed by atoms with Crippen LogP contribution < -0.4 is 5.73 Å². The lowest BCUT2D eigenvalue weighted by Gasteiger charge is -2.30. The average molecular weight is 316 g/mol. The summed E-state index contributed by atoms with van der Waals surface area (Å²) in [6.45, 7) is 1.13. The zero-order valence-corrected chi connectivity index (χ0v) is 12.0. The Morgan fingerprint density at radius 3 is 2.78 bits per heavy atom. The summed E-state index contributed by atoms with van der Waals surface area (Å²) >= 11 is 3.29. The van der Waals surface area contributed by atoms with Crippen LogP contribution in [0.5, 0.6) is 0 Å². The van der Waals surface area contributed by atoms with Gasteiger partial charge in [0, 0.05) is 4.47 Å². The van der Waals surface area contributed by atoms with Gasteiger partial charge in [-0.05, 0) is 49.1 Å². The SMILES string of the molecule is NCC1CCCCC1OCc1cc(F)cc(Br)c1. The lowest BCUT2D eigenvalue weighted by molar-refractivity contribution is -0.0183. The van der Waals surface area contributed by atoms with E-state index in [0.717, 1.165) is 22.9 Å². The fraction of sp³-hybridized carbons (Fsp3) is 0.571. The number of halogens is 2. The van der Waals surface area contributed by atoms with Gasteiger partial charge in [-0.1, -0.05) is 28.8 Å². The number of benzene rings is 1. The maximum absolute atomic E-state index is 13.2. The van der Waals surface area contributed by atoms with E-state index in [0.29, 0.717) is 19.1 Å². The summed E-state index contributed by atoms with van der Waals surface area (Å²) in [7, 11) is 0. The summed E-state index contributed by atoms with van der Waals surface area (Å²) in [5, 5.41) is 0. The molecule has 2 nitrogen and oxygen atoms in total. The predicted molar refractivity (Wildman–Crippen MR) is 73.7 cm³/mol. The molecule has 0 saturated heterocycles. The maximum Gasteiger partial charge on any atom is 0.124 e. The molecule has 2 unspecified atom stereocenters. The molecule has 4 heteroatoms. The smallest absolute Gasteiger partial charge is 0.124 e. The van der Waals surface area contributed by atoms with Gasteiger partial charge in [-0.3, -0.25) is 0 Å². The highest BCUT2D eigenvalue weighted by Crippen LogP contribution is 2.27. The van der Waals surface area contributed by atoms with Crippen LogP contribution in [0.1, 0.15) is 31.2 Å². The Hall–Kier alpha value is -0.450. The van der Waals surface area contributed by atoms with Crippen molar-refractivity contribution in [1.82, 2.24) is 0 Å². The first-order valence-electron chi connectivity index (χ1n) is 6.45.